The summed E-state index contributed by atoms with van der Waals surface area (Å²) in [5.41, 5.74) is 0.809. The molecule has 2 aromatic rings. The van der Waals surface area contributed by atoms with Gasteiger partial charge in [0.05, 0.1) is 12.5 Å². The first-order valence-corrected chi connectivity index (χ1v) is 8.84. The summed E-state index contributed by atoms with van der Waals surface area (Å²) in [7, 11) is 0. The van der Waals surface area contributed by atoms with Crippen molar-refractivity contribution in [3.05, 3.63) is 36.1 Å². The number of carbonyl (C=O) groups is 2. The van der Waals surface area contributed by atoms with Crippen molar-refractivity contribution in [1.29, 1.82) is 0 Å². The first kappa shape index (κ1) is 17.5. The molecule has 0 radical (unpaired) electrons. The molecule has 1 aliphatic rings. The van der Waals surface area contributed by atoms with Crippen LogP contribution >= 0.6 is 0 Å². The molecule has 0 saturated carbocycles. The summed E-state index contributed by atoms with van der Waals surface area (Å²) < 4.78 is 5.83. The van der Waals surface area contributed by atoms with Gasteiger partial charge in [-0.2, -0.15) is 0 Å². The maximum absolute atomic E-state index is 12.8. The minimum absolute atomic E-state index is 0.0397. The van der Waals surface area contributed by atoms with Gasteiger partial charge in [0, 0.05) is 38.1 Å². The van der Waals surface area contributed by atoms with Gasteiger partial charge in [-0.3, -0.25) is 14.5 Å². The average molecular weight is 343 g/mol. The van der Waals surface area contributed by atoms with E-state index in [2.05, 4.69) is 10.2 Å². The summed E-state index contributed by atoms with van der Waals surface area (Å²) in [4.78, 5) is 28.4. The standard InChI is InChI=1S/C19H25N3O3/c1-3-20-18(23)13-21-8-10-22(11-9-21)19(24)14(2)17-12-15-6-4-5-7-16(15)25-17/h4-7,12,14H,3,8-11,13H2,1-2H3,(H,20,23). The van der Waals surface area contributed by atoms with Gasteiger partial charge >= 0.3 is 0 Å². The number of piperazine rings is 1. The lowest BCUT2D eigenvalue weighted by Crippen LogP contribution is -2.51. The van der Waals surface area contributed by atoms with Gasteiger partial charge in [-0.25, -0.2) is 0 Å². The first-order valence-electron chi connectivity index (χ1n) is 8.84. The number of hydrogen-bond donors (Lipinski definition) is 1. The Morgan fingerprint density at radius 2 is 1.92 bits per heavy atom. The van der Waals surface area contributed by atoms with Gasteiger partial charge in [0.1, 0.15) is 11.3 Å². The minimum atomic E-state index is -0.303. The van der Waals surface area contributed by atoms with Crippen LogP contribution < -0.4 is 5.32 Å². The van der Waals surface area contributed by atoms with Crippen LogP contribution in [0.4, 0.5) is 0 Å². The molecule has 1 aromatic heterocycles. The molecule has 1 unspecified atom stereocenters. The summed E-state index contributed by atoms with van der Waals surface area (Å²) in [6.45, 7) is 7.56. The van der Waals surface area contributed by atoms with Gasteiger partial charge in [0.2, 0.25) is 11.8 Å². The number of rotatable bonds is 5. The third kappa shape index (κ3) is 4.02. The van der Waals surface area contributed by atoms with Crippen LogP contribution in [0.15, 0.2) is 34.7 Å². The van der Waals surface area contributed by atoms with Gasteiger partial charge in [-0.15, -0.1) is 0 Å². The van der Waals surface area contributed by atoms with E-state index in [1.54, 1.807) is 0 Å². The Morgan fingerprint density at radius 3 is 2.60 bits per heavy atom. The lowest BCUT2D eigenvalue weighted by Gasteiger charge is -2.35. The number of para-hydroxylation sites is 1. The molecule has 1 saturated heterocycles. The molecule has 0 bridgehead atoms. The maximum Gasteiger partial charge on any atom is 0.234 e. The lowest BCUT2D eigenvalue weighted by atomic mass is 10.1. The van der Waals surface area contributed by atoms with Crippen LogP contribution in [0.1, 0.15) is 25.5 Å². The van der Waals surface area contributed by atoms with Gasteiger partial charge in [0.15, 0.2) is 0 Å². The molecule has 1 fully saturated rings. The molecule has 1 aliphatic heterocycles. The summed E-state index contributed by atoms with van der Waals surface area (Å²) in [5.74, 6) is 0.521. The summed E-state index contributed by atoms with van der Waals surface area (Å²) in [6.07, 6.45) is 0. The highest BCUT2D eigenvalue weighted by Crippen LogP contribution is 2.26. The average Bonchev–Trinajstić information content (AvgIpc) is 3.05. The Hall–Kier alpha value is -2.34. The largest absolute Gasteiger partial charge is 0.460 e. The molecule has 1 aromatic carbocycles. The topological polar surface area (TPSA) is 65.8 Å². The second-order valence-electron chi connectivity index (χ2n) is 6.46. The predicted octanol–water partition coefficient (Wildman–Crippen LogP) is 1.82. The van der Waals surface area contributed by atoms with Gasteiger partial charge in [-0.1, -0.05) is 18.2 Å². The van der Waals surface area contributed by atoms with E-state index in [9.17, 15) is 9.59 Å². The number of benzene rings is 1. The second kappa shape index (κ2) is 7.70. The molecule has 0 aliphatic carbocycles. The Morgan fingerprint density at radius 1 is 1.20 bits per heavy atom. The molecule has 1 atom stereocenters. The van der Waals surface area contributed by atoms with Crippen molar-refractivity contribution in [3.63, 3.8) is 0 Å². The van der Waals surface area contributed by atoms with E-state index in [1.165, 1.54) is 0 Å². The number of carbonyl (C=O) groups excluding carboxylic acids is 2. The molecule has 2 heterocycles. The van der Waals surface area contributed by atoms with Crippen molar-refractivity contribution < 1.29 is 14.0 Å². The molecule has 0 spiro atoms. The highest BCUT2D eigenvalue weighted by Gasteiger charge is 2.28. The monoisotopic (exact) mass is 343 g/mol. The zero-order valence-corrected chi connectivity index (χ0v) is 14.8. The van der Waals surface area contributed by atoms with E-state index in [4.69, 9.17) is 4.42 Å². The summed E-state index contributed by atoms with van der Waals surface area (Å²) >= 11 is 0. The number of fused-ring (bicyclic) bond motifs is 1. The van der Waals surface area contributed by atoms with Crippen LogP contribution in [0.3, 0.4) is 0 Å². The maximum atomic E-state index is 12.8. The number of likely N-dealkylation sites (N-methyl/N-ethyl adjacent to an activating group) is 1. The van der Waals surface area contributed by atoms with E-state index in [0.29, 0.717) is 31.9 Å². The number of furan rings is 1. The summed E-state index contributed by atoms with van der Waals surface area (Å²) in [5, 5.41) is 3.82. The number of hydrogen-bond acceptors (Lipinski definition) is 4. The van der Waals surface area contributed by atoms with Crippen molar-refractivity contribution >= 4 is 22.8 Å². The second-order valence-corrected chi connectivity index (χ2v) is 6.46. The summed E-state index contributed by atoms with van der Waals surface area (Å²) in [6, 6.07) is 9.73. The van der Waals surface area contributed by atoms with Crippen molar-refractivity contribution in [2.24, 2.45) is 0 Å². The molecule has 25 heavy (non-hydrogen) atoms. The van der Waals surface area contributed by atoms with E-state index < -0.39 is 0 Å². The zero-order valence-electron chi connectivity index (χ0n) is 14.8. The SMILES string of the molecule is CCNC(=O)CN1CCN(C(=O)C(C)c2cc3ccccc3o2)CC1. The lowest BCUT2D eigenvalue weighted by molar-refractivity contribution is -0.134. The molecule has 6 heteroatoms. The van der Waals surface area contributed by atoms with E-state index in [0.717, 1.165) is 24.1 Å². The molecule has 134 valence electrons. The quantitative estimate of drug-likeness (QED) is 0.899. The van der Waals surface area contributed by atoms with Gasteiger partial charge < -0.3 is 14.6 Å². The number of amides is 2. The van der Waals surface area contributed by atoms with Crippen molar-refractivity contribution in [2.45, 2.75) is 19.8 Å². The third-order valence-electron chi connectivity index (χ3n) is 4.67. The van der Waals surface area contributed by atoms with Crippen LogP contribution in [0.2, 0.25) is 0 Å². The van der Waals surface area contributed by atoms with Crippen LogP contribution in [0.25, 0.3) is 11.0 Å². The highest BCUT2D eigenvalue weighted by molar-refractivity contribution is 5.85. The number of nitrogens with zero attached hydrogens (tertiary/aromatic N) is 2. The molecule has 2 amide bonds. The Bertz CT molecular complexity index is 714. The van der Waals surface area contributed by atoms with Crippen LogP contribution in [-0.2, 0) is 9.59 Å². The minimum Gasteiger partial charge on any atom is -0.460 e. The molecular weight excluding hydrogens is 318 g/mol. The van der Waals surface area contributed by atoms with Crippen LogP contribution in [-0.4, -0.2) is 60.9 Å². The van der Waals surface area contributed by atoms with E-state index in [1.807, 2.05) is 49.1 Å². The number of nitrogens with one attached hydrogen (secondary N) is 1. The zero-order chi connectivity index (χ0) is 17.8. The normalized spacial score (nSPS) is 16.8. The predicted molar refractivity (Wildman–Crippen MR) is 96.3 cm³/mol. The highest BCUT2D eigenvalue weighted by atomic mass is 16.3. The van der Waals surface area contributed by atoms with Crippen molar-refractivity contribution in [1.82, 2.24) is 15.1 Å². The van der Waals surface area contributed by atoms with E-state index >= 15 is 0 Å². The molecule has 1 N–H and O–H groups in total. The smallest absolute Gasteiger partial charge is 0.234 e. The van der Waals surface area contributed by atoms with Crippen LogP contribution in [0, 0.1) is 0 Å². The molecule has 6 nitrogen and oxygen atoms in total. The first-order chi connectivity index (χ1) is 12.1. The fourth-order valence-corrected chi connectivity index (χ4v) is 3.19. The van der Waals surface area contributed by atoms with Gasteiger partial charge in [-0.05, 0) is 26.0 Å². The van der Waals surface area contributed by atoms with Crippen molar-refractivity contribution in [2.75, 3.05) is 39.3 Å². The molecular formula is C19H25N3O3. The fraction of sp³-hybridized carbons (Fsp3) is 0.474. The fourth-order valence-electron chi connectivity index (χ4n) is 3.19. The van der Waals surface area contributed by atoms with Crippen LogP contribution in [0.5, 0.6) is 0 Å². The molecule has 3 rings (SSSR count). The van der Waals surface area contributed by atoms with Crippen molar-refractivity contribution in [3.8, 4) is 0 Å². The van der Waals surface area contributed by atoms with E-state index in [-0.39, 0.29) is 17.7 Å². The van der Waals surface area contributed by atoms with Gasteiger partial charge in [0.25, 0.3) is 0 Å². The Labute approximate surface area is 147 Å². The Balaban J connectivity index is 1.57. The Kier molecular flexibility index (Phi) is 5.38. The third-order valence-corrected chi connectivity index (χ3v) is 4.67.